The van der Waals surface area contributed by atoms with Gasteiger partial charge in [0.1, 0.15) is 29.4 Å². The lowest BCUT2D eigenvalue weighted by Gasteiger charge is -2.21. The van der Waals surface area contributed by atoms with Crippen LogP contribution in [0.15, 0.2) is 39.5 Å². The third-order valence-corrected chi connectivity index (χ3v) is 4.00. The fourth-order valence-corrected chi connectivity index (χ4v) is 2.39. The molecule has 0 aliphatic carbocycles. The van der Waals surface area contributed by atoms with Crippen LogP contribution in [0.2, 0.25) is 0 Å². The highest BCUT2D eigenvalue weighted by Crippen LogP contribution is 2.27. The Kier molecular flexibility index (Phi) is 4.44. The fraction of sp³-hybridized carbons (Fsp3) is 0.294. The lowest BCUT2D eigenvalue weighted by atomic mass is 10.2. The number of hydrogen-bond acceptors (Lipinski definition) is 5. The van der Waals surface area contributed by atoms with Gasteiger partial charge in [0.05, 0.1) is 17.3 Å². The first-order valence-corrected chi connectivity index (χ1v) is 7.48. The number of aromatic nitrogens is 2. The van der Waals surface area contributed by atoms with E-state index in [-0.39, 0.29) is 17.5 Å². The summed E-state index contributed by atoms with van der Waals surface area (Å²) >= 11 is 0. The molecule has 0 unspecified atom stereocenters. The monoisotopic (exact) mass is 333 g/mol. The molecule has 0 aliphatic rings. The molecular formula is C17H17F2N3O2. The maximum Gasteiger partial charge on any atom is 0.229 e. The summed E-state index contributed by atoms with van der Waals surface area (Å²) in [5, 5.41) is 3.93. The molecular weight excluding hydrogens is 316 g/mol. The van der Waals surface area contributed by atoms with E-state index >= 15 is 0 Å². The quantitative estimate of drug-likeness (QED) is 0.703. The summed E-state index contributed by atoms with van der Waals surface area (Å²) in [4.78, 5) is 6.38. The van der Waals surface area contributed by atoms with E-state index in [2.05, 4.69) is 10.1 Å². The highest BCUT2D eigenvalue weighted by Gasteiger charge is 2.20. The van der Waals surface area contributed by atoms with Crippen LogP contribution in [0.4, 0.5) is 8.78 Å². The van der Waals surface area contributed by atoms with Crippen LogP contribution in [0.5, 0.6) is 0 Å². The number of oxazole rings is 1. The second-order valence-electron chi connectivity index (χ2n) is 5.66. The van der Waals surface area contributed by atoms with Gasteiger partial charge in [-0.05, 0) is 33.0 Å². The van der Waals surface area contributed by atoms with Crippen molar-refractivity contribution in [1.29, 1.82) is 0 Å². The van der Waals surface area contributed by atoms with Crippen LogP contribution in [0.25, 0.3) is 11.5 Å². The van der Waals surface area contributed by atoms with E-state index in [0.29, 0.717) is 18.0 Å². The molecule has 0 saturated heterocycles. The summed E-state index contributed by atoms with van der Waals surface area (Å²) in [7, 11) is 1.92. The zero-order valence-electron chi connectivity index (χ0n) is 13.6. The van der Waals surface area contributed by atoms with E-state index in [9.17, 15) is 8.78 Å². The van der Waals surface area contributed by atoms with Crippen molar-refractivity contribution in [2.75, 3.05) is 7.05 Å². The van der Waals surface area contributed by atoms with Crippen LogP contribution in [0.3, 0.4) is 0 Å². The molecule has 0 amide bonds. The van der Waals surface area contributed by atoms with E-state index in [4.69, 9.17) is 8.94 Å². The Hall–Kier alpha value is -2.54. The Morgan fingerprint density at radius 1 is 1.25 bits per heavy atom. The van der Waals surface area contributed by atoms with Crippen molar-refractivity contribution >= 4 is 0 Å². The predicted molar refractivity (Wildman–Crippen MR) is 83.0 cm³/mol. The van der Waals surface area contributed by atoms with E-state index < -0.39 is 11.6 Å². The van der Waals surface area contributed by atoms with Gasteiger partial charge in [0.15, 0.2) is 0 Å². The molecule has 3 rings (SSSR count). The molecule has 3 aromatic rings. The van der Waals surface area contributed by atoms with Crippen LogP contribution in [-0.2, 0) is 6.54 Å². The molecule has 0 spiro atoms. The number of benzene rings is 1. The summed E-state index contributed by atoms with van der Waals surface area (Å²) in [6.07, 6.45) is 1.52. The summed E-state index contributed by atoms with van der Waals surface area (Å²) < 4.78 is 37.3. The number of hydrogen-bond donors (Lipinski definition) is 0. The van der Waals surface area contributed by atoms with Crippen molar-refractivity contribution in [1.82, 2.24) is 15.0 Å². The Morgan fingerprint density at radius 3 is 2.71 bits per heavy atom. The normalized spacial score (nSPS) is 12.8. The average Bonchev–Trinajstić information content (AvgIpc) is 3.17. The van der Waals surface area contributed by atoms with Crippen molar-refractivity contribution in [2.24, 2.45) is 0 Å². The van der Waals surface area contributed by atoms with Gasteiger partial charge in [0.25, 0.3) is 0 Å². The second-order valence-corrected chi connectivity index (χ2v) is 5.66. The summed E-state index contributed by atoms with van der Waals surface area (Å²) in [5.74, 6) is -0.608. The van der Waals surface area contributed by atoms with E-state index in [1.165, 1.54) is 18.4 Å². The SMILES string of the molecule is Cc1oc(-c2ccc(F)cc2F)nc1CN(C)[C@@H](C)c1ccon1. The van der Waals surface area contributed by atoms with Gasteiger partial charge in [0.2, 0.25) is 5.89 Å². The Labute approximate surface area is 137 Å². The van der Waals surface area contributed by atoms with Crippen molar-refractivity contribution in [3.63, 3.8) is 0 Å². The van der Waals surface area contributed by atoms with Crippen molar-refractivity contribution in [3.8, 4) is 11.5 Å². The first-order valence-electron chi connectivity index (χ1n) is 7.48. The van der Waals surface area contributed by atoms with Crippen LogP contribution in [0.1, 0.15) is 30.1 Å². The molecule has 7 heteroatoms. The predicted octanol–water partition coefficient (Wildman–Crippen LogP) is 4.11. The molecule has 0 radical (unpaired) electrons. The van der Waals surface area contributed by atoms with Gasteiger partial charge >= 0.3 is 0 Å². The van der Waals surface area contributed by atoms with Gasteiger partial charge < -0.3 is 8.94 Å². The first-order chi connectivity index (χ1) is 11.5. The van der Waals surface area contributed by atoms with Gasteiger partial charge in [-0.1, -0.05) is 5.16 Å². The van der Waals surface area contributed by atoms with Gasteiger partial charge in [-0.2, -0.15) is 0 Å². The summed E-state index contributed by atoms with van der Waals surface area (Å²) in [5.41, 5.74) is 1.63. The molecule has 0 N–H and O–H groups in total. The van der Waals surface area contributed by atoms with Crippen molar-refractivity contribution in [3.05, 3.63) is 59.3 Å². The molecule has 1 atom stereocenters. The van der Waals surface area contributed by atoms with E-state index in [0.717, 1.165) is 11.8 Å². The molecule has 2 heterocycles. The Morgan fingerprint density at radius 2 is 2.04 bits per heavy atom. The van der Waals surface area contributed by atoms with Crippen LogP contribution in [-0.4, -0.2) is 22.1 Å². The molecule has 0 fully saturated rings. The maximum absolute atomic E-state index is 13.9. The Bertz CT molecular complexity index is 830. The van der Waals surface area contributed by atoms with Crippen molar-refractivity contribution in [2.45, 2.75) is 26.4 Å². The minimum absolute atomic E-state index is 0.0193. The summed E-state index contributed by atoms with van der Waals surface area (Å²) in [6, 6.07) is 5.13. The molecule has 0 aliphatic heterocycles. The van der Waals surface area contributed by atoms with Crippen molar-refractivity contribution < 1.29 is 17.7 Å². The average molecular weight is 333 g/mol. The molecule has 0 bridgehead atoms. The third kappa shape index (κ3) is 3.21. The Balaban J connectivity index is 1.81. The number of rotatable bonds is 5. The highest BCUT2D eigenvalue weighted by atomic mass is 19.1. The fourth-order valence-electron chi connectivity index (χ4n) is 2.39. The standard InChI is InChI=1S/C17H17F2N3O2/c1-10(15-6-7-23-21-15)22(3)9-16-11(2)24-17(20-16)13-5-4-12(18)8-14(13)19/h4-8,10H,9H2,1-3H3/t10-/m0/s1. The van der Waals surface area contributed by atoms with E-state index in [1.54, 1.807) is 13.0 Å². The zero-order valence-corrected chi connectivity index (χ0v) is 13.6. The molecule has 5 nitrogen and oxygen atoms in total. The minimum Gasteiger partial charge on any atom is -0.441 e. The lowest BCUT2D eigenvalue weighted by Crippen LogP contribution is -2.22. The van der Waals surface area contributed by atoms with Gasteiger partial charge in [-0.3, -0.25) is 4.90 Å². The molecule has 126 valence electrons. The smallest absolute Gasteiger partial charge is 0.229 e. The minimum atomic E-state index is -0.702. The van der Waals surface area contributed by atoms with Crippen LogP contribution < -0.4 is 0 Å². The third-order valence-electron chi connectivity index (χ3n) is 4.00. The number of halogens is 2. The van der Waals surface area contributed by atoms with E-state index in [1.807, 2.05) is 18.9 Å². The first kappa shape index (κ1) is 16.3. The molecule has 24 heavy (non-hydrogen) atoms. The van der Waals surface area contributed by atoms with Gasteiger partial charge in [-0.15, -0.1) is 0 Å². The molecule has 1 aromatic carbocycles. The van der Waals surface area contributed by atoms with Gasteiger partial charge in [-0.25, -0.2) is 13.8 Å². The zero-order chi connectivity index (χ0) is 17.3. The second kappa shape index (κ2) is 6.52. The lowest BCUT2D eigenvalue weighted by molar-refractivity contribution is 0.237. The topological polar surface area (TPSA) is 55.3 Å². The summed E-state index contributed by atoms with van der Waals surface area (Å²) in [6.45, 7) is 4.25. The molecule has 2 aromatic heterocycles. The molecule has 0 saturated carbocycles. The van der Waals surface area contributed by atoms with Crippen LogP contribution >= 0.6 is 0 Å². The highest BCUT2D eigenvalue weighted by molar-refractivity contribution is 5.54. The van der Waals surface area contributed by atoms with Gasteiger partial charge in [0, 0.05) is 18.7 Å². The largest absolute Gasteiger partial charge is 0.441 e. The number of nitrogens with zero attached hydrogens (tertiary/aromatic N) is 3. The van der Waals surface area contributed by atoms with Crippen LogP contribution in [0, 0.1) is 18.6 Å². The number of aryl methyl sites for hydroxylation is 1. The maximum atomic E-state index is 13.9.